The first kappa shape index (κ1) is 19.6. The van der Waals surface area contributed by atoms with Crippen LogP contribution in [0, 0.1) is 13.8 Å². The second-order valence-electron chi connectivity index (χ2n) is 6.20. The fourth-order valence-corrected chi connectivity index (χ4v) is 3.77. The van der Waals surface area contributed by atoms with E-state index in [0.29, 0.717) is 10.2 Å². The van der Waals surface area contributed by atoms with Gasteiger partial charge in [-0.3, -0.25) is 14.2 Å². The van der Waals surface area contributed by atoms with Crippen molar-refractivity contribution in [1.82, 2.24) is 9.55 Å². The molecule has 3 rings (SSSR count). The number of amides is 1. The number of para-hydroxylation sites is 1. The number of carbonyl (C=O) groups excluding carboxylic acids is 2. The average molecular weight is 401 g/mol. The van der Waals surface area contributed by atoms with E-state index >= 15 is 0 Å². The van der Waals surface area contributed by atoms with Gasteiger partial charge in [0.15, 0.2) is 5.75 Å². The van der Waals surface area contributed by atoms with Gasteiger partial charge in [-0.2, -0.15) is 0 Å². The summed E-state index contributed by atoms with van der Waals surface area (Å²) in [5.74, 6) is -1.49. The van der Waals surface area contributed by atoms with Gasteiger partial charge in [-0.25, -0.2) is 9.78 Å². The van der Waals surface area contributed by atoms with Gasteiger partial charge in [0.2, 0.25) is 5.91 Å². The number of rotatable bonds is 5. The van der Waals surface area contributed by atoms with Crippen LogP contribution in [0.2, 0.25) is 0 Å². The summed E-state index contributed by atoms with van der Waals surface area (Å²) >= 11 is 1.47. The zero-order valence-corrected chi connectivity index (χ0v) is 16.4. The molecule has 0 radical (unpaired) electrons. The molecule has 0 fully saturated rings. The number of hydrogen-bond acceptors (Lipinski definition) is 7. The summed E-state index contributed by atoms with van der Waals surface area (Å²) in [6.07, 6.45) is 1.43. The van der Waals surface area contributed by atoms with Crippen molar-refractivity contribution in [3.63, 3.8) is 0 Å². The van der Waals surface area contributed by atoms with Crippen LogP contribution in [0.25, 0.3) is 10.2 Å². The second-order valence-corrected chi connectivity index (χ2v) is 7.40. The van der Waals surface area contributed by atoms with E-state index in [1.165, 1.54) is 47.5 Å². The third-order valence-electron chi connectivity index (χ3n) is 4.45. The number of aromatic nitrogens is 2. The number of aryl methyl sites for hydroxylation is 3. The maximum atomic E-state index is 12.6. The lowest BCUT2D eigenvalue weighted by Crippen LogP contribution is -2.23. The van der Waals surface area contributed by atoms with Crippen molar-refractivity contribution < 1.29 is 19.4 Å². The quantitative estimate of drug-likeness (QED) is 0.502. The Morgan fingerprint density at radius 3 is 2.79 bits per heavy atom. The normalized spacial score (nSPS) is 10.8. The van der Waals surface area contributed by atoms with Crippen molar-refractivity contribution in [2.24, 2.45) is 0 Å². The van der Waals surface area contributed by atoms with E-state index in [0.717, 1.165) is 10.4 Å². The average Bonchev–Trinajstić information content (AvgIpc) is 2.97. The zero-order valence-electron chi connectivity index (χ0n) is 15.6. The predicted molar refractivity (Wildman–Crippen MR) is 106 cm³/mol. The lowest BCUT2D eigenvalue weighted by molar-refractivity contribution is -0.116. The summed E-state index contributed by atoms with van der Waals surface area (Å²) < 4.78 is 5.98. The highest BCUT2D eigenvalue weighted by molar-refractivity contribution is 7.18. The Labute approximate surface area is 164 Å². The Morgan fingerprint density at radius 2 is 2.07 bits per heavy atom. The molecule has 28 heavy (non-hydrogen) atoms. The molecule has 2 heterocycles. The number of ether oxygens (including phenoxy) is 1. The number of benzene rings is 1. The number of hydrogen-bond donors (Lipinski definition) is 2. The number of esters is 1. The third kappa shape index (κ3) is 3.61. The molecule has 0 aliphatic rings. The van der Waals surface area contributed by atoms with E-state index in [1.807, 2.05) is 13.8 Å². The Bertz CT molecular complexity index is 1130. The molecule has 0 spiro atoms. The van der Waals surface area contributed by atoms with E-state index in [1.54, 1.807) is 0 Å². The Balaban J connectivity index is 1.74. The molecule has 0 unspecified atom stereocenters. The molecular weight excluding hydrogens is 382 g/mol. The molecule has 0 saturated heterocycles. The number of aromatic hydroxyl groups is 1. The van der Waals surface area contributed by atoms with Crippen molar-refractivity contribution in [2.75, 3.05) is 12.4 Å². The van der Waals surface area contributed by atoms with Gasteiger partial charge in [0.25, 0.3) is 5.56 Å². The first-order valence-corrected chi connectivity index (χ1v) is 9.30. The molecule has 8 nitrogen and oxygen atoms in total. The van der Waals surface area contributed by atoms with Crippen LogP contribution < -0.4 is 10.9 Å². The minimum atomic E-state index is -0.707. The number of thiophene rings is 1. The summed E-state index contributed by atoms with van der Waals surface area (Å²) in [4.78, 5) is 42.5. The standard InChI is InChI=1S/C19H19N3O5S/c1-10-11(2)28-17-15(10)18(25)22(9-20-17)8-7-14(23)21-13-6-4-5-12(16(13)24)19(26)27-3/h4-6,9,24H,7-8H2,1-3H3,(H,21,23). The fraction of sp³-hybridized carbons (Fsp3) is 0.263. The van der Waals surface area contributed by atoms with Crippen LogP contribution in [-0.4, -0.2) is 33.6 Å². The van der Waals surface area contributed by atoms with Crippen LogP contribution in [0.5, 0.6) is 5.75 Å². The second kappa shape index (κ2) is 7.81. The number of phenolic OH excluding ortho intramolecular Hbond substituents is 1. The van der Waals surface area contributed by atoms with Gasteiger partial charge in [0.05, 0.1) is 24.5 Å². The van der Waals surface area contributed by atoms with Gasteiger partial charge >= 0.3 is 5.97 Å². The smallest absolute Gasteiger partial charge is 0.341 e. The molecule has 2 aromatic heterocycles. The summed E-state index contributed by atoms with van der Waals surface area (Å²) in [7, 11) is 1.20. The van der Waals surface area contributed by atoms with Crippen LogP contribution in [0.1, 0.15) is 27.2 Å². The molecule has 2 N–H and O–H groups in total. The number of nitrogens with one attached hydrogen (secondary N) is 1. The van der Waals surface area contributed by atoms with Crippen LogP contribution in [0.15, 0.2) is 29.3 Å². The van der Waals surface area contributed by atoms with Gasteiger partial charge < -0.3 is 15.2 Å². The van der Waals surface area contributed by atoms with Gasteiger partial charge in [-0.05, 0) is 31.5 Å². The first-order chi connectivity index (χ1) is 13.3. The molecule has 0 atom stereocenters. The van der Waals surface area contributed by atoms with E-state index < -0.39 is 11.9 Å². The number of anilines is 1. The van der Waals surface area contributed by atoms with Crippen molar-refractivity contribution in [3.8, 4) is 5.75 Å². The molecule has 1 aromatic carbocycles. The van der Waals surface area contributed by atoms with E-state index in [4.69, 9.17) is 0 Å². The largest absolute Gasteiger partial charge is 0.505 e. The number of phenols is 1. The SMILES string of the molecule is COC(=O)c1cccc(NC(=O)CCn2cnc3sc(C)c(C)c3c2=O)c1O. The number of fused-ring (bicyclic) bond motifs is 1. The van der Waals surface area contributed by atoms with E-state index in [9.17, 15) is 19.5 Å². The van der Waals surface area contributed by atoms with Gasteiger partial charge in [0, 0.05) is 17.8 Å². The third-order valence-corrected chi connectivity index (χ3v) is 5.57. The van der Waals surface area contributed by atoms with Gasteiger partial charge in [-0.1, -0.05) is 6.07 Å². The van der Waals surface area contributed by atoms with Crippen molar-refractivity contribution >= 4 is 39.1 Å². The van der Waals surface area contributed by atoms with Crippen LogP contribution in [-0.2, 0) is 16.1 Å². The minimum absolute atomic E-state index is 0.00283. The maximum Gasteiger partial charge on any atom is 0.341 e. The Kier molecular flexibility index (Phi) is 5.46. The van der Waals surface area contributed by atoms with Crippen molar-refractivity contribution in [1.29, 1.82) is 0 Å². The van der Waals surface area contributed by atoms with Gasteiger partial charge in [0.1, 0.15) is 10.4 Å². The summed E-state index contributed by atoms with van der Waals surface area (Å²) in [5, 5.41) is 13.3. The Hall–Kier alpha value is -3.20. The number of nitrogens with zero attached hydrogens (tertiary/aromatic N) is 2. The summed E-state index contributed by atoms with van der Waals surface area (Å²) in [6, 6.07) is 4.38. The molecule has 0 bridgehead atoms. The molecule has 0 aliphatic carbocycles. The summed E-state index contributed by atoms with van der Waals surface area (Å²) in [6.45, 7) is 3.96. The lowest BCUT2D eigenvalue weighted by Gasteiger charge is -2.10. The van der Waals surface area contributed by atoms with E-state index in [2.05, 4.69) is 15.0 Å². The molecule has 146 valence electrons. The lowest BCUT2D eigenvalue weighted by atomic mass is 10.1. The van der Waals surface area contributed by atoms with Crippen LogP contribution >= 0.6 is 11.3 Å². The van der Waals surface area contributed by atoms with E-state index in [-0.39, 0.29) is 35.5 Å². The minimum Gasteiger partial charge on any atom is -0.505 e. The monoisotopic (exact) mass is 401 g/mol. The van der Waals surface area contributed by atoms with Crippen LogP contribution in [0.4, 0.5) is 5.69 Å². The molecule has 3 aromatic rings. The molecule has 9 heteroatoms. The highest BCUT2D eigenvalue weighted by atomic mass is 32.1. The molecule has 1 amide bonds. The zero-order chi connectivity index (χ0) is 20.4. The highest BCUT2D eigenvalue weighted by Crippen LogP contribution is 2.28. The highest BCUT2D eigenvalue weighted by Gasteiger charge is 2.17. The summed E-state index contributed by atoms with van der Waals surface area (Å²) in [5.41, 5.74) is 0.767. The molecule has 0 saturated carbocycles. The van der Waals surface area contributed by atoms with Crippen molar-refractivity contribution in [3.05, 3.63) is 50.9 Å². The maximum absolute atomic E-state index is 12.6. The van der Waals surface area contributed by atoms with Gasteiger partial charge in [-0.15, -0.1) is 11.3 Å². The van der Waals surface area contributed by atoms with Crippen LogP contribution in [0.3, 0.4) is 0 Å². The predicted octanol–water partition coefficient (Wildman–Crippen LogP) is 2.60. The van der Waals surface area contributed by atoms with Crippen molar-refractivity contribution in [2.45, 2.75) is 26.8 Å². The fourth-order valence-electron chi connectivity index (χ4n) is 2.78. The number of carbonyl (C=O) groups is 2. The topological polar surface area (TPSA) is 111 Å². The Morgan fingerprint density at radius 1 is 1.32 bits per heavy atom. The molecular formula is C19H19N3O5S. The first-order valence-electron chi connectivity index (χ1n) is 8.48. The molecule has 0 aliphatic heterocycles. The number of methoxy groups -OCH3 is 1.